The molecule has 0 spiro atoms. The van der Waals surface area contributed by atoms with Crippen molar-refractivity contribution in [2.24, 2.45) is 5.84 Å². The van der Waals surface area contributed by atoms with Gasteiger partial charge in [-0.15, -0.1) is 0 Å². The third-order valence-electron chi connectivity index (χ3n) is 4.14. The number of hydrazine groups is 1. The third-order valence-corrected chi connectivity index (χ3v) is 4.14. The summed E-state index contributed by atoms with van der Waals surface area (Å²) in [4.78, 5) is 9.03. The second-order valence-electron chi connectivity index (χ2n) is 5.61. The van der Waals surface area contributed by atoms with Crippen LogP contribution in [0.1, 0.15) is 56.8 Å². The van der Waals surface area contributed by atoms with Crippen LogP contribution in [0, 0.1) is 6.92 Å². The largest absolute Gasteiger partial charge is 0.388 e. The zero-order valence-corrected chi connectivity index (χ0v) is 12.5. The van der Waals surface area contributed by atoms with Crippen LogP contribution in [-0.2, 0) is 0 Å². The lowest BCUT2D eigenvalue weighted by Crippen LogP contribution is -2.36. The molecule has 0 aliphatic heterocycles. The van der Waals surface area contributed by atoms with Crippen molar-refractivity contribution in [3.05, 3.63) is 11.4 Å². The van der Waals surface area contributed by atoms with Gasteiger partial charge < -0.3 is 15.8 Å². The highest BCUT2D eigenvalue weighted by molar-refractivity contribution is 5.57. The van der Waals surface area contributed by atoms with E-state index in [0.29, 0.717) is 31.1 Å². The van der Waals surface area contributed by atoms with Crippen molar-refractivity contribution in [1.82, 2.24) is 9.97 Å². The van der Waals surface area contributed by atoms with Crippen molar-refractivity contribution in [3.8, 4) is 0 Å². The Kier molecular flexibility index (Phi) is 4.45. The van der Waals surface area contributed by atoms with Crippen LogP contribution < -0.4 is 16.6 Å². The summed E-state index contributed by atoms with van der Waals surface area (Å²) in [6.45, 7) is 6.37. The van der Waals surface area contributed by atoms with Gasteiger partial charge in [0, 0.05) is 18.0 Å². The summed E-state index contributed by atoms with van der Waals surface area (Å²) in [5.74, 6) is 8.23. The van der Waals surface area contributed by atoms with Gasteiger partial charge in [0.15, 0.2) is 0 Å². The summed E-state index contributed by atoms with van der Waals surface area (Å²) in [7, 11) is 0. The van der Waals surface area contributed by atoms with Gasteiger partial charge in [0.25, 0.3) is 0 Å². The van der Waals surface area contributed by atoms with Crippen LogP contribution >= 0.6 is 0 Å². The lowest BCUT2D eigenvalue weighted by atomic mass is 9.97. The molecule has 0 saturated heterocycles. The maximum Gasteiger partial charge on any atom is 0.148 e. The number of nitrogens with one attached hydrogen (secondary N) is 2. The highest BCUT2D eigenvalue weighted by Crippen LogP contribution is 2.39. The Morgan fingerprint density at radius 1 is 1.25 bits per heavy atom. The fraction of sp³-hybridized carbons (Fsp3) is 0.714. The molecule has 1 saturated carbocycles. The van der Waals surface area contributed by atoms with Gasteiger partial charge in [-0.2, -0.15) is 0 Å². The second-order valence-corrected chi connectivity index (χ2v) is 5.61. The molecule has 1 aliphatic rings. The smallest absolute Gasteiger partial charge is 0.148 e. The molecule has 0 aromatic carbocycles. The summed E-state index contributed by atoms with van der Waals surface area (Å²) in [5, 5.41) is 13.6. The Morgan fingerprint density at radius 2 is 1.85 bits per heavy atom. The van der Waals surface area contributed by atoms with Crippen LogP contribution in [0.4, 0.5) is 11.6 Å². The summed E-state index contributed by atoms with van der Waals surface area (Å²) < 4.78 is 0. The minimum Gasteiger partial charge on any atom is -0.388 e. The number of nitrogen functional groups attached to an aromatic ring is 1. The predicted octanol–water partition coefficient (Wildman–Crippen LogP) is 1.91. The molecule has 0 radical (unpaired) electrons. The molecule has 6 heteroatoms. The number of hydrogen-bond donors (Lipinski definition) is 4. The molecule has 6 nitrogen and oxygen atoms in total. The van der Waals surface area contributed by atoms with E-state index in [1.54, 1.807) is 0 Å². The number of anilines is 2. The first-order valence-corrected chi connectivity index (χ1v) is 7.34. The van der Waals surface area contributed by atoms with Crippen LogP contribution in [0.2, 0.25) is 0 Å². The molecular weight excluding hydrogens is 254 g/mol. The molecule has 0 amide bonds. The van der Waals surface area contributed by atoms with Gasteiger partial charge in [0.2, 0.25) is 0 Å². The van der Waals surface area contributed by atoms with Crippen LogP contribution in [0.15, 0.2) is 0 Å². The Labute approximate surface area is 120 Å². The molecule has 1 aliphatic carbocycles. The number of aromatic nitrogens is 2. The van der Waals surface area contributed by atoms with Gasteiger partial charge >= 0.3 is 0 Å². The third kappa shape index (κ3) is 3.19. The highest BCUT2D eigenvalue weighted by atomic mass is 16.3. The van der Waals surface area contributed by atoms with Gasteiger partial charge in [0.1, 0.15) is 17.5 Å². The molecule has 1 heterocycles. The fourth-order valence-corrected chi connectivity index (χ4v) is 2.12. The molecule has 20 heavy (non-hydrogen) atoms. The molecule has 1 aromatic heterocycles. The number of hydrogen-bond acceptors (Lipinski definition) is 6. The van der Waals surface area contributed by atoms with Crippen LogP contribution in [0.25, 0.3) is 0 Å². The van der Waals surface area contributed by atoms with Crippen molar-refractivity contribution >= 4 is 11.6 Å². The Hall–Kier alpha value is -1.40. The van der Waals surface area contributed by atoms with Crippen molar-refractivity contribution in [2.45, 2.75) is 58.0 Å². The molecule has 1 aromatic rings. The average molecular weight is 279 g/mol. The normalized spacial score (nSPS) is 15.2. The molecule has 112 valence electrons. The van der Waals surface area contributed by atoms with E-state index in [1.807, 2.05) is 20.8 Å². The van der Waals surface area contributed by atoms with E-state index in [-0.39, 0.29) is 0 Å². The van der Waals surface area contributed by atoms with Crippen molar-refractivity contribution in [1.29, 1.82) is 0 Å². The summed E-state index contributed by atoms with van der Waals surface area (Å²) in [6, 6.07) is 0. The summed E-state index contributed by atoms with van der Waals surface area (Å²) in [5.41, 5.74) is 2.81. The number of rotatable bonds is 7. The summed E-state index contributed by atoms with van der Waals surface area (Å²) >= 11 is 0. The first kappa shape index (κ1) is 15.0. The first-order chi connectivity index (χ1) is 9.53. The van der Waals surface area contributed by atoms with Gasteiger partial charge in [-0.3, -0.25) is 0 Å². The molecule has 1 fully saturated rings. The van der Waals surface area contributed by atoms with Crippen molar-refractivity contribution in [3.63, 3.8) is 0 Å². The molecule has 0 atom stereocenters. The zero-order valence-electron chi connectivity index (χ0n) is 12.5. The lowest BCUT2D eigenvalue weighted by molar-refractivity contribution is 0.0456. The average Bonchev–Trinajstić information content (AvgIpc) is 3.30. The molecule has 2 rings (SSSR count). The maximum atomic E-state index is 10.4. The Balaban J connectivity index is 2.19. The van der Waals surface area contributed by atoms with E-state index in [2.05, 4.69) is 20.7 Å². The van der Waals surface area contributed by atoms with E-state index < -0.39 is 5.60 Å². The number of nitrogens with two attached hydrogens (primary N) is 1. The molecule has 0 bridgehead atoms. The fourth-order valence-electron chi connectivity index (χ4n) is 2.12. The highest BCUT2D eigenvalue weighted by Gasteiger charge is 2.29. The van der Waals surface area contributed by atoms with Crippen LogP contribution in [0.5, 0.6) is 0 Å². The molecule has 0 unspecified atom stereocenters. The Morgan fingerprint density at radius 3 is 2.35 bits per heavy atom. The van der Waals surface area contributed by atoms with E-state index in [9.17, 15) is 5.11 Å². The minimum atomic E-state index is -0.701. The first-order valence-electron chi connectivity index (χ1n) is 7.34. The quantitative estimate of drug-likeness (QED) is 0.450. The van der Waals surface area contributed by atoms with Crippen molar-refractivity contribution < 1.29 is 5.11 Å². The van der Waals surface area contributed by atoms with Gasteiger partial charge in [0.05, 0.1) is 5.60 Å². The molecule has 5 N–H and O–H groups in total. The summed E-state index contributed by atoms with van der Waals surface area (Å²) in [6.07, 6.45) is 3.69. The van der Waals surface area contributed by atoms with E-state index in [0.717, 1.165) is 30.0 Å². The second kappa shape index (κ2) is 5.93. The number of nitrogens with zero attached hydrogens (tertiary/aromatic N) is 2. The Bertz CT molecular complexity index is 469. The van der Waals surface area contributed by atoms with Crippen molar-refractivity contribution in [2.75, 3.05) is 17.3 Å². The monoisotopic (exact) mass is 279 g/mol. The topological polar surface area (TPSA) is 96.1 Å². The zero-order chi connectivity index (χ0) is 14.8. The van der Waals surface area contributed by atoms with Gasteiger partial charge in [-0.05, 0) is 32.6 Å². The number of aliphatic hydroxyl groups is 1. The maximum absolute atomic E-state index is 10.4. The van der Waals surface area contributed by atoms with Crippen LogP contribution in [0.3, 0.4) is 0 Å². The van der Waals surface area contributed by atoms with Gasteiger partial charge in [-0.25, -0.2) is 15.8 Å². The van der Waals surface area contributed by atoms with Gasteiger partial charge in [-0.1, -0.05) is 13.8 Å². The van der Waals surface area contributed by atoms with Crippen LogP contribution in [-0.4, -0.2) is 27.2 Å². The van der Waals surface area contributed by atoms with E-state index in [4.69, 9.17) is 5.84 Å². The SMILES string of the molecule is CCC(O)(CC)CNc1nc(C2CC2)nc(NN)c1C. The minimum absolute atomic E-state index is 0.458. The van der Waals surface area contributed by atoms with E-state index >= 15 is 0 Å². The molecular formula is C14H25N5O. The predicted molar refractivity (Wildman–Crippen MR) is 80.6 cm³/mol. The lowest BCUT2D eigenvalue weighted by Gasteiger charge is -2.26. The van der Waals surface area contributed by atoms with E-state index in [1.165, 1.54) is 0 Å². The standard InChI is InChI=1S/C14H25N5O/c1-4-14(20,5-2)8-16-11-9(3)12(19-15)18-13(17-11)10-6-7-10/h10,20H,4-8,15H2,1-3H3,(H2,16,17,18,19).